The van der Waals surface area contributed by atoms with E-state index in [4.69, 9.17) is 20.5 Å². The van der Waals surface area contributed by atoms with Crippen molar-refractivity contribution in [2.45, 2.75) is 6.92 Å². The summed E-state index contributed by atoms with van der Waals surface area (Å²) in [6.45, 7) is 4.14. The van der Waals surface area contributed by atoms with Crippen LogP contribution in [-0.4, -0.2) is 19.8 Å². The van der Waals surface area contributed by atoms with Crippen LogP contribution >= 0.6 is 0 Å². The fourth-order valence-electron chi connectivity index (χ4n) is 1.54. The number of nitrogens with two attached hydrogens (primary N) is 1. The number of ether oxygens (including phenoxy) is 2. The van der Waals surface area contributed by atoms with Crippen LogP contribution in [0.4, 0.5) is 5.69 Å². The lowest BCUT2D eigenvalue weighted by molar-refractivity contribution is -0.120. The number of nitrogens with zero attached hydrogens (tertiary/aromatic N) is 1. The Balaban J connectivity index is 2.02. The topological polar surface area (TPSA) is 68.3 Å². The summed E-state index contributed by atoms with van der Waals surface area (Å²) in [4.78, 5) is 0. The lowest BCUT2D eigenvalue weighted by Gasteiger charge is -2.37. The van der Waals surface area contributed by atoms with Crippen LogP contribution in [0.3, 0.4) is 0 Å². The Labute approximate surface area is 94.6 Å². The molecule has 1 aromatic rings. The Morgan fingerprint density at radius 3 is 2.81 bits per heavy atom. The van der Waals surface area contributed by atoms with E-state index in [9.17, 15) is 0 Å². The molecule has 0 aliphatic carbocycles. The molecule has 0 radical (unpaired) electrons. The highest BCUT2D eigenvalue weighted by molar-refractivity contribution is 5.56. The van der Waals surface area contributed by atoms with E-state index in [0.29, 0.717) is 23.6 Å². The Morgan fingerprint density at radius 1 is 1.56 bits per heavy atom. The van der Waals surface area contributed by atoms with Crippen molar-refractivity contribution < 1.29 is 9.47 Å². The van der Waals surface area contributed by atoms with Gasteiger partial charge in [-0.15, -0.1) is 0 Å². The summed E-state index contributed by atoms with van der Waals surface area (Å²) in [6, 6.07) is 7.09. The van der Waals surface area contributed by atoms with Gasteiger partial charge in [0, 0.05) is 5.41 Å². The van der Waals surface area contributed by atoms with Crippen molar-refractivity contribution in [3.8, 4) is 11.8 Å². The quantitative estimate of drug-likeness (QED) is 0.781. The predicted molar refractivity (Wildman–Crippen MR) is 60.0 cm³/mol. The standard InChI is InChI=1S/C12H14N2O2/c1-12(6-15-7-12)8-16-11-3-2-9(5-13)4-10(11)14/h2-4H,6-8,14H2,1H3. The maximum atomic E-state index is 8.70. The van der Waals surface area contributed by atoms with E-state index in [1.165, 1.54) is 0 Å². The predicted octanol–water partition coefficient (Wildman–Crippen LogP) is 1.56. The lowest BCUT2D eigenvalue weighted by Crippen LogP contribution is -2.44. The second kappa shape index (κ2) is 4.03. The van der Waals surface area contributed by atoms with Gasteiger partial charge in [0.05, 0.1) is 37.1 Å². The van der Waals surface area contributed by atoms with Crippen molar-refractivity contribution in [1.82, 2.24) is 0 Å². The molecule has 1 saturated heterocycles. The first-order valence-electron chi connectivity index (χ1n) is 5.13. The van der Waals surface area contributed by atoms with Crippen molar-refractivity contribution in [3.05, 3.63) is 23.8 Å². The highest BCUT2D eigenvalue weighted by Crippen LogP contribution is 2.29. The van der Waals surface area contributed by atoms with E-state index in [1.807, 2.05) is 6.07 Å². The minimum absolute atomic E-state index is 0.0976. The molecule has 1 aliphatic heterocycles. The molecule has 0 bridgehead atoms. The van der Waals surface area contributed by atoms with Gasteiger partial charge in [0.25, 0.3) is 0 Å². The Hall–Kier alpha value is -1.73. The molecule has 1 fully saturated rings. The number of nitrogen functional groups attached to an aromatic ring is 1. The largest absolute Gasteiger partial charge is 0.491 e. The molecule has 0 aromatic heterocycles. The van der Waals surface area contributed by atoms with Gasteiger partial charge in [-0.3, -0.25) is 0 Å². The van der Waals surface area contributed by atoms with Crippen LogP contribution < -0.4 is 10.5 Å². The zero-order chi connectivity index (χ0) is 11.6. The molecular formula is C12H14N2O2. The summed E-state index contributed by atoms with van der Waals surface area (Å²) >= 11 is 0. The van der Waals surface area contributed by atoms with Gasteiger partial charge in [-0.25, -0.2) is 0 Å². The summed E-state index contributed by atoms with van der Waals surface area (Å²) < 4.78 is 10.8. The van der Waals surface area contributed by atoms with Crippen LogP contribution in [0.2, 0.25) is 0 Å². The molecule has 1 heterocycles. The van der Waals surface area contributed by atoms with Gasteiger partial charge in [-0.05, 0) is 18.2 Å². The average Bonchev–Trinajstić information content (AvgIpc) is 2.25. The molecule has 0 atom stereocenters. The van der Waals surface area contributed by atoms with Crippen molar-refractivity contribution in [2.75, 3.05) is 25.6 Å². The highest BCUT2D eigenvalue weighted by Gasteiger charge is 2.34. The Kier molecular flexibility index (Phi) is 2.71. The molecule has 0 spiro atoms. The van der Waals surface area contributed by atoms with Gasteiger partial charge in [-0.1, -0.05) is 6.92 Å². The van der Waals surface area contributed by atoms with Crippen molar-refractivity contribution in [3.63, 3.8) is 0 Å². The fourth-order valence-corrected chi connectivity index (χ4v) is 1.54. The van der Waals surface area contributed by atoms with E-state index in [2.05, 4.69) is 6.92 Å². The third kappa shape index (κ3) is 2.10. The molecule has 2 N–H and O–H groups in total. The summed E-state index contributed by atoms with van der Waals surface area (Å²) in [5.74, 6) is 0.632. The van der Waals surface area contributed by atoms with Crippen LogP contribution in [-0.2, 0) is 4.74 Å². The minimum atomic E-state index is 0.0976. The maximum absolute atomic E-state index is 8.70. The average molecular weight is 218 g/mol. The molecule has 1 aromatic carbocycles. The first-order valence-corrected chi connectivity index (χ1v) is 5.13. The smallest absolute Gasteiger partial charge is 0.142 e. The number of nitriles is 1. The third-order valence-corrected chi connectivity index (χ3v) is 2.62. The fraction of sp³-hybridized carbons (Fsp3) is 0.417. The van der Waals surface area contributed by atoms with Crippen LogP contribution in [0, 0.1) is 16.7 Å². The zero-order valence-electron chi connectivity index (χ0n) is 9.19. The first kappa shape index (κ1) is 10.8. The molecule has 4 heteroatoms. The molecule has 1 aliphatic rings. The van der Waals surface area contributed by atoms with Gasteiger partial charge >= 0.3 is 0 Å². The summed E-state index contributed by atoms with van der Waals surface area (Å²) in [5, 5.41) is 8.70. The molecule has 2 rings (SSSR count). The molecule has 16 heavy (non-hydrogen) atoms. The first-order chi connectivity index (χ1) is 7.63. The van der Waals surface area contributed by atoms with Gasteiger partial charge in [0.1, 0.15) is 5.75 Å². The second-order valence-corrected chi connectivity index (χ2v) is 4.46. The number of hydrogen-bond acceptors (Lipinski definition) is 4. The van der Waals surface area contributed by atoms with Gasteiger partial charge in [-0.2, -0.15) is 5.26 Å². The van der Waals surface area contributed by atoms with E-state index in [-0.39, 0.29) is 5.41 Å². The lowest BCUT2D eigenvalue weighted by atomic mass is 9.90. The maximum Gasteiger partial charge on any atom is 0.142 e. The van der Waals surface area contributed by atoms with Crippen molar-refractivity contribution in [1.29, 1.82) is 5.26 Å². The Bertz CT molecular complexity index is 433. The van der Waals surface area contributed by atoms with E-state index >= 15 is 0 Å². The SMILES string of the molecule is CC1(COc2ccc(C#N)cc2N)COC1. The van der Waals surface area contributed by atoms with Crippen molar-refractivity contribution in [2.24, 2.45) is 5.41 Å². The van der Waals surface area contributed by atoms with Crippen LogP contribution in [0.15, 0.2) is 18.2 Å². The van der Waals surface area contributed by atoms with Crippen LogP contribution in [0.25, 0.3) is 0 Å². The third-order valence-electron chi connectivity index (χ3n) is 2.62. The van der Waals surface area contributed by atoms with E-state index < -0.39 is 0 Å². The number of anilines is 1. The van der Waals surface area contributed by atoms with Crippen LogP contribution in [0.1, 0.15) is 12.5 Å². The number of benzene rings is 1. The normalized spacial score (nSPS) is 17.2. The number of rotatable bonds is 3. The number of hydrogen-bond donors (Lipinski definition) is 1. The van der Waals surface area contributed by atoms with Gasteiger partial charge in [0.15, 0.2) is 0 Å². The Morgan fingerprint density at radius 2 is 2.31 bits per heavy atom. The molecule has 0 unspecified atom stereocenters. The highest BCUT2D eigenvalue weighted by atomic mass is 16.5. The summed E-state index contributed by atoms with van der Waals surface area (Å²) in [6.07, 6.45) is 0. The molecule has 0 saturated carbocycles. The second-order valence-electron chi connectivity index (χ2n) is 4.46. The van der Waals surface area contributed by atoms with Gasteiger partial charge < -0.3 is 15.2 Å². The van der Waals surface area contributed by atoms with Gasteiger partial charge in [0.2, 0.25) is 0 Å². The van der Waals surface area contributed by atoms with E-state index in [1.54, 1.807) is 18.2 Å². The zero-order valence-corrected chi connectivity index (χ0v) is 9.19. The molecular weight excluding hydrogens is 204 g/mol. The minimum Gasteiger partial charge on any atom is -0.491 e. The molecule has 0 amide bonds. The molecule has 4 nitrogen and oxygen atoms in total. The monoisotopic (exact) mass is 218 g/mol. The van der Waals surface area contributed by atoms with Crippen LogP contribution in [0.5, 0.6) is 5.75 Å². The summed E-state index contributed by atoms with van der Waals surface area (Å²) in [5.41, 5.74) is 6.92. The van der Waals surface area contributed by atoms with E-state index in [0.717, 1.165) is 13.2 Å². The summed E-state index contributed by atoms with van der Waals surface area (Å²) in [7, 11) is 0. The van der Waals surface area contributed by atoms with Crippen molar-refractivity contribution >= 4 is 5.69 Å². The molecule has 84 valence electrons.